The summed E-state index contributed by atoms with van der Waals surface area (Å²) >= 11 is 0. The fourth-order valence-electron chi connectivity index (χ4n) is 3.20. The Hall–Kier alpha value is -0.950. The van der Waals surface area contributed by atoms with Gasteiger partial charge < -0.3 is 10.5 Å². The molecule has 1 saturated carbocycles. The Labute approximate surface area is 139 Å². The Morgan fingerprint density at radius 1 is 1.22 bits per heavy atom. The Balaban J connectivity index is 2.04. The van der Waals surface area contributed by atoms with Crippen LogP contribution in [0, 0.1) is 5.92 Å². The van der Waals surface area contributed by atoms with E-state index >= 15 is 0 Å². The predicted octanol–water partition coefficient (Wildman–Crippen LogP) is 2.06. The van der Waals surface area contributed by atoms with Crippen molar-refractivity contribution in [2.24, 2.45) is 11.7 Å². The Morgan fingerprint density at radius 2 is 1.87 bits per heavy atom. The van der Waals surface area contributed by atoms with Crippen LogP contribution in [-0.4, -0.2) is 34.7 Å². The molecule has 3 N–H and O–H groups in total. The zero-order valence-corrected chi connectivity index (χ0v) is 14.6. The van der Waals surface area contributed by atoms with Crippen LogP contribution in [0.3, 0.4) is 0 Å². The van der Waals surface area contributed by atoms with Crippen LogP contribution in [0.1, 0.15) is 37.7 Å². The zero-order valence-electron chi connectivity index (χ0n) is 13.8. The minimum atomic E-state index is -3.52. The van der Waals surface area contributed by atoms with Gasteiger partial charge in [0.05, 0.1) is 11.5 Å². The first-order valence-corrected chi connectivity index (χ1v) is 9.85. The number of hydrogen-bond donors (Lipinski definition) is 2. The van der Waals surface area contributed by atoms with E-state index in [0.29, 0.717) is 24.0 Å². The van der Waals surface area contributed by atoms with Crippen molar-refractivity contribution in [3.63, 3.8) is 0 Å². The molecular formula is C17H28N2O3S. The standard InChI is InChI=1S/C17H28N2O3S/c1-22-12-11-14-7-9-16(10-8-14)23(20,21)19-17(13-18)15-5-3-2-4-6-15/h7-10,15,17,19H,2-6,11-13,18H2,1H3. The van der Waals surface area contributed by atoms with E-state index in [1.54, 1.807) is 19.2 Å². The van der Waals surface area contributed by atoms with E-state index in [-0.39, 0.29) is 6.04 Å². The van der Waals surface area contributed by atoms with Crippen LogP contribution >= 0.6 is 0 Å². The summed E-state index contributed by atoms with van der Waals surface area (Å²) in [5.74, 6) is 0.351. The average Bonchev–Trinajstić information content (AvgIpc) is 2.59. The van der Waals surface area contributed by atoms with Gasteiger partial charge in [0.25, 0.3) is 0 Å². The van der Waals surface area contributed by atoms with Crippen molar-refractivity contribution in [3.05, 3.63) is 29.8 Å². The number of methoxy groups -OCH3 is 1. The molecule has 1 aliphatic rings. The number of rotatable bonds is 8. The highest BCUT2D eigenvalue weighted by molar-refractivity contribution is 7.89. The molecule has 1 fully saturated rings. The lowest BCUT2D eigenvalue weighted by atomic mass is 9.84. The molecule has 0 amide bonds. The van der Waals surface area contributed by atoms with Crippen molar-refractivity contribution >= 4 is 10.0 Å². The van der Waals surface area contributed by atoms with E-state index in [0.717, 1.165) is 37.7 Å². The molecule has 0 aliphatic heterocycles. The maximum atomic E-state index is 12.6. The molecule has 0 aromatic heterocycles. The normalized spacial score (nSPS) is 18.0. The van der Waals surface area contributed by atoms with E-state index in [4.69, 9.17) is 10.5 Å². The molecule has 1 unspecified atom stereocenters. The van der Waals surface area contributed by atoms with Crippen LogP contribution in [-0.2, 0) is 21.2 Å². The van der Waals surface area contributed by atoms with Crippen molar-refractivity contribution in [1.29, 1.82) is 0 Å². The van der Waals surface area contributed by atoms with Gasteiger partial charge in [-0.2, -0.15) is 0 Å². The summed E-state index contributed by atoms with van der Waals surface area (Å²) in [6.45, 7) is 0.969. The Bertz CT molecular complexity index is 566. The first-order chi connectivity index (χ1) is 11.1. The quantitative estimate of drug-likeness (QED) is 0.759. The first-order valence-electron chi connectivity index (χ1n) is 8.37. The van der Waals surface area contributed by atoms with Crippen molar-refractivity contribution in [2.75, 3.05) is 20.3 Å². The summed E-state index contributed by atoms with van der Waals surface area (Å²) in [5, 5.41) is 0. The number of ether oxygens (including phenoxy) is 1. The van der Waals surface area contributed by atoms with E-state index < -0.39 is 10.0 Å². The third-order valence-electron chi connectivity index (χ3n) is 4.61. The molecule has 0 radical (unpaired) electrons. The second kappa shape index (κ2) is 8.78. The monoisotopic (exact) mass is 340 g/mol. The van der Waals surface area contributed by atoms with Gasteiger partial charge in [-0.1, -0.05) is 31.4 Å². The molecule has 1 aromatic rings. The van der Waals surface area contributed by atoms with Gasteiger partial charge in [-0.3, -0.25) is 0 Å². The molecule has 1 aromatic carbocycles. The van der Waals surface area contributed by atoms with Gasteiger partial charge in [-0.15, -0.1) is 0 Å². The topological polar surface area (TPSA) is 81.4 Å². The molecule has 2 rings (SSSR count). The Morgan fingerprint density at radius 3 is 2.43 bits per heavy atom. The number of hydrogen-bond acceptors (Lipinski definition) is 4. The smallest absolute Gasteiger partial charge is 0.240 e. The summed E-state index contributed by atoms with van der Waals surface area (Å²) in [6.07, 6.45) is 6.45. The second-order valence-electron chi connectivity index (χ2n) is 6.25. The fraction of sp³-hybridized carbons (Fsp3) is 0.647. The Kier molecular flexibility index (Phi) is 7.02. The van der Waals surface area contributed by atoms with E-state index in [2.05, 4.69) is 4.72 Å². The van der Waals surface area contributed by atoms with Gasteiger partial charge in [0, 0.05) is 19.7 Å². The SMILES string of the molecule is COCCc1ccc(S(=O)(=O)NC(CN)C2CCCCC2)cc1. The van der Waals surface area contributed by atoms with Crippen LogP contribution in [0.15, 0.2) is 29.2 Å². The molecule has 130 valence electrons. The highest BCUT2D eigenvalue weighted by Gasteiger charge is 2.27. The molecular weight excluding hydrogens is 312 g/mol. The highest BCUT2D eigenvalue weighted by Crippen LogP contribution is 2.27. The van der Waals surface area contributed by atoms with Gasteiger partial charge in [0.1, 0.15) is 0 Å². The van der Waals surface area contributed by atoms with Crippen molar-refractivity contribution in [1.82, 2.24) is 4.72 Å². The maximum absolute atomic E-state index is 12.6. The fourth-order valence-corrected chi connectivity index (χ4v) is 4.51. The molecule has 0 spiro atoms. The molecule has 1 atom stereocenters. The summed E-state index contributed by atoms with van der Waals surface area (Å²) in [7, 11) is -1.87. The van der Waals surface area contributed by atoms with Crippen LogP contribution in [0.25, 0.3) is 0 Å². The molecule has 6 heteroatoms. The van der Waals surface area contributed by atoms with Gasteiger partial charge >= 0.3 is 0 Å². The lowest BCUT2D eigenvalue weighted by Crippen LogP contribution is -2.45. The minimum absolute atomic E-state index is 0.173. The van der Waals surface area contributed by atoms with Gasteiger partial charge in [0.15, 0.2) is 0 Å². The summed E-state index contributed by atoms with van der Waals surface area (Å²) in [4.78, 5) is 0.299. The van der Waals surface area contributed by atoms with Crippen LogP contribution in [0.5, 0.6) is 0 Å². The number of nitrogens with one attached hydrogen (secondary N) is 1. The van der Waals surface area contributed by atoms with Crippen LogP contribution < -0.4 is 10.5 Å². The van der Waals surface area contributed by atoms with Gasteiger partial charge in [0.2, 0.25) is 10.0 Å². The summed E-state index contributed by atoms with van der Waals surface area (Å²) in [6, 6.07) is 6.81. The third-order valence-corrected chi connectivity index (χ3v) is 6.11. The minimum Gasteiger partial charge on any atom is -0.384 e. The zero-order chi connectivity index (χ0) is 16.7. The molecule has 0 bridgehead atoms. The van der Waals surface area contributed by atoms with Crippen molar-refractivity contribution in [2.45, 2.75) is 49.5 Å². The number of nitrogens with two attached hydrogens (primary N) is 1. The first kappa shape index (κ1) is 18.4. The molecule has 0 saturated heterocycles. The van der Waals surface area contributed by atoms with E-state index in [1.165, 1.54) is 6.42 Å². The van der Waals surface area contributed by atoms with Gasteiger partial charge in [-0.05, 0) is 42.9 Å². The van der Waals surface area contributed by atoms with Crippen LogP contribution in [0.4, 0.5) is 0 Å². The average molecular weight is 340 g/mol. The highest BCUT2D eigenvalue weighted by atomic mass is 32.2. The molecule has 1 aliphatic carbocycles. The molecule has 5 nitrogen and oxygen atoms in total. The van der Waals surface area contributed by atoms with Crippen molar-refractivity contribution in [3.8, 4) is 0 Å². The summed E-state index contributed by atoms with van der Waals surface area (Å²) in [5.41, 5.74) is 6.89. The van der Waals surface area contributed by atoms with E-state index in [9.17, 15) is 8.42 Å². The van der Waals surface area contributed by atoms with Crippen molar-refractivity contribution < 1.29 is 13.2 Å². The predicted molar refractivity (Wildman–Crippen MR) is 91.8 cm³/mol. The third kappa shape index (κ3) is 5.28. The largest absolute Gasteiger partial charge is 0.384 e. The lowest BCUT2D eigenvalue weighted by Gasteiger charge is -2.29. The number of benzene rings is 1. The molecule has 0 heterocycles. The van der Waals surface area contributed by atoms with E-state index in [1.807, 2.05) is 12.1 Å². The lowest BCUT2D eigenvalue weighted by molar-refractivity contribution is 0.202. The van der Waals surface area contributed by atoms with Gasteiger partial charge in [-0.25, -0.2) is 13.1 Å². The number of sulfonamides is 1. The molecule has 23 heavy (non-hydrogen) atoms. The van der Waals surface area contributed by atoms with Crippen LogP contribution in [0.2, 0.25) is 0 Å². The second-order valence-corrected chi connectivity index (χ2v) is 7.96. The maximum Gasteiger partial charge on any atom is 0.240 e. The summed E-state index contributed by atoms with van der Waals surface area (Å²) < 4.78 is 33.0.